The van der Waals surface area contributed by atoms with Crippen LogP contribution >= 0.6 is 13.5 Å². The van der Waals surface area contributed by atoms with Crippen LogP contribution in [0.4, 0.5) is 0 Å². The van der Waals surface area contributed by atoms with Gasteiger partial charge in [0.1, 0.15) is 5.75 Å². The van der Waals surface area contributed by atoms with Crippen molar-refractivity contribution in [3.63, 3.8) is 0 Å². The Morgan fingerprint density at radius 2 is 1.88 bits per heavy atom. The molecule has 142 valence electrons. The van der Waals surface area contributed by atoms with Crippen LogP contribution < -0.4 is 15.4 Å². The van der Waals surface area contributed by atoms with E-state index in [-0.39, 0.29) is 13.5 Å². The highest BCUT2D eigenvalue weighted by atomic mass is 32.1. The largest absolute Gasteiger partial charge is 0.496 e. The van der Waals surface area contributed by atoms with Crippen molar-refractivity contribution in [2.75, 3.05) is 26.7 Å². The average molecular weight is 365 g/mol. The molecule has 0 heterocycles. The van der Waals surface area contributed by atoms with Crippen molar-refractivity contribution in [1.82, 2.24) is 10.6 Å². The van der Waals surface area contributed by atoms with Crippen LogP contribution in [-0.2, 0) is 6.42 Å². The molecule has 2 N–H and O–H groups in total. The first kappa shape index (κ1) is 20.6. The van der Waals surface area contributed by atoms with Crippen LogP contribution in [0.3, 0.4) is 0 Å². The van der Waals surface area contributed by atoms with Gasteiger partial charge in [0.05, 0.1) is 7.11 Å². The minimum Gasteiger partial charge on any atom is -0.496 e. The molecule has 3 aliphatic rings. The average Bonchev–Trinajstić information content (AvgIpc) is 2.58. The molecule has 0 amide bonds. The molecule has 3 saturated carbocycles. The maximum absolute atomic E-state index is 5.41. The summed E-state index contributed by atoms with van der Waals surface area (Å²) in [6.45, 7) is 10.5. The number of rotatable bonds is 8. The van der Waals surface area contributed by atoms with Crippen LogP contribution in [0.1, 0.15) is 39.2 Å². The van der Waals surface area contributed by atoms with Crippen molar-refractivity contribution >= 4 is 13.5 Å². The standard InChI is InChI=1S/C21H34N2O.H2S/c1-15-18-13-17(21(18,2)3)14-19(15)23-12-11-22-10-9-16-7-5-6-8-20(16)24-4;/h5-8,15,17-19,22-23H,9-14H2,1-4H3;1H2/t15-,17?,18-,19-;/m1./s1. The molecule has 3 aliphatic carbocycles. The lowest BCUT2D eigenvalue weighted by atomic mass is 9.45. The number of benzene rings is 1. The predicted molar refractivity (Wildman–Crippen MR) is 111 cm³/mol. The highest BCUT2D eigenvalue weighted by Crippen LogP contribution is 2.61. The van der Waals surface area contributed by atoms with Crippen molar-refractivity contribution < 1.29 is 4.74 Å². The van der Waals surface area contributed by atoms with Crippen LogP contribution in [0.25, 0.3) is 0 Å². The zero-order valence-electron chi connectivity index (χ0n) is 16.3. The van der Waals surface area contributed by atoms with Crippen LogP contribution in [-0.4, -0.2) is 32.8 Å². The Morgan fingerprint density at radius 3 is 2.56 bits per heavy atom. The first-order valence-corrected chi connectivity index (χ1v) is 9.60. The second-order valence-electron chi connectivity index (χ2n) is 8.33. The Kier molecular flexibility index (Phi) is 7.24. The number of hydrogen-bond acceptors (Lipinski definition) is 3. The van der Waals surface area contributed by atoms with Gasteiger partial charge in [0.2, 0.25) is 0 Å². The van der Waals surface area contributed by atoms with E-state index < -0.39 is 0 Å². The number of hydrogen-bond donors (Lipinski definition) is 2. The highest BCUT2D eigenvalue weighted by molar-refractivity contribution is 7.59. The smallest absolute Gasteiger partial charge is 0.122 e. The molecule has 25 heavy (non-hydrogen) atoms. The third-order valence-electron chi connectivity index (χ3n) is 6.83. The molecule has 1 aromatic carbocycles. The fraction of sp³-hybridized carbons (Fsp3) is 0.714. The number of fused-ring (bicyclic) bond motifs is 2. The third-order valence-corrected chi connectivity index (χ3v) is 6.83. The molecule has 0 aliphatic heterocycles. The fourth-order valence-electron chi connectivity index (χ4n) is 5.02. The summed E-state index contributed by atoms with van der Waals surface area (Å²) in [4.78, 5) is 0. The number of methoxy groups -OCH3 is 1. The van der Waals surface area contributed by atoms with E-state index in [2.05, 4.69) is 43.5 Å². The van der Waals surface area contributed by atoms with Gasteiger partial charge in [-0.1, -0.05) is 39.0 Å². The summed E-state index contributed by atoms with van der Waals surface area (Å²) < 4.78 is 5.41. The second kappa shape index (κ2) is 8.79. The molecule has 4 atom stereocenters. The van der Waals surface area contributed by atoms with E-state index in [0.717, 1.165) is 55.6 Å². The zero-order chi connectivity index (χ0) is 17.2. The Bertz CT molecular complexity index is 548. The number of para-hydroxylation sites is 1. The minimum absolute atomic E-state index is 0. The molecule has 3 fully saturated rings. The monoisotopic (exact) mass is 364 g/mol. The van der Waals surface area contributed by atoms with Crippen LogP contribution in [0.2, 0.25) is 0 Å². The molecule has 1 aromatic rings. The topological polar surface area (TPSA) is 33.3 Å². The lowest BCUT2D eigenvalue weighted by molar-refractivity contribution is -0.114. The van der Waals surface area contributed by atoms with Gasteiger partial charge in [-0.05, 0) is 60.6 Å². The van der Waals surface area contributed by atoms with Gasteiger partial charge in [0.15, 0.2) is 0 Å². The van der Waals surface area contributed by atoms with Gasteiger partial charge in [-0.2, -0.15) is 13.5 Å². The molecule has 4 rings (SSSR count). The van der Waals surface area contributed by atoms with Crippen molar-refractivity contribution in [2.24, 2.45) is 23.2 Å². The lowest BCUT2D eigenvalue weighted by Crippen LogP contribution is -2.60. The summed E-state index contributed by atoms with van der Waals surface area (Å²) in [6, 6.07) is 9.01. The van der Waals surface area contributed by atoms with Gasteiger partial charge in [0, 0.05) is 19.1 Å². The molecular formula is C21H36N2OS. The summed E-state index contributed by atoms with van der Waals surface area (Å²) >= 11 is 0. The fourth-order valence-corrected chi connectivity index (χ4v) is 5.02. The third kappa shape index (κ3) is 4.35. The SMILES string of the molecule is COc1ccccc1CCNCCN[C@@H]1CC2C[C@H]([C@H]1C)C2(C)C.S. The van der Waals surface area contributed by atoms with Gasteiger partial charge in [-0.3, -0.25) is 0 Å². The number of ether oxygens (including phenoxy) is 1. The van der Waals surface area contributed by atoms with Crippen molar-refractivity contribution in [3.8, 4) is 5.75 Å². The van der Waals surface area contributed by atoms with Gasteiger partial charge in [-0.15, -0.1) is 0 Å². The summed E-state index contributed by atoms with van der Waals surface area (Å²) in [7, 11) is 1.74. The Hall–Kier alpha value is -0.710. The van der Waals surface area contributed by atoms with Crippen LogP contribution in [0, 0.1) is 23.2 Å². The van der Waals surface area contributed by atoms with E-state index in [4.69, 9.17) is 4.74 Å². The summed E-state index contributed by atoms with van der Waals surface area (Å²) in [5, 5.41) is 7.36. The van der Waals surface area contributed by atoms with E-state index in [1.165, 1.54) is 18.4 Å². The molecule has 0 radical (unpaired) electrons. The zero-order valence-corrected chi connectivity index (χ0v) is 17.3. The lowest BCUT2D eigenvalue weighted by Gasteiger charge is -2.62. The molecule has 0 saturated heterocycles. The molecule has 4 heteroatoms. The van der Waals surface area contributed by atoms with Crippen molar-refractivity contribution in [3.05, 3.63) is 29.8 Å². The Balaban J connectivity index is 0.00000225. The summed E-state index contributed by atoms with van der Waals surface area (Å²) in [6.07, 6.45) is 3.84. The minimum atomic E-state index is 0. The Morgan fingerprint density at radius 1 is 1.12 bits per heavy atom. The number of nitrogens with one attached hydrogen (secondary N) is 2. The van der Waals surface area contributed by atoms with Crippen molar-refractivity contribution in [2.45, 2.75) is 46.1 Å². The maximum atomic E-state index is 5.41. The molecule has 0 aromatic heterocycles. The second-order valence-corrected chi connectivity index (χ2v) is 8.33. The van der Waals surface area contributed by atoms with Crippen LogP contribution in [0.15, 0.2) is 24.3 Å². The van der Waals surface area contributed by atoms with E-state index in [9.17, 15) is 0 Å². The highest BCUT2D eigenvalue weighted by Gasteiger charge is 2.55. The quantitative estimate of drug-likeness (QED) is 0.692. The summed E-state index contributed by atoms with van der Waals surface area (Å²) in [5.41, 5.74) is 1.87. The molecular weight excluding hydrogens is 328 g/mol. The van der Waals surface area contributed by atoms with Gasteiger partial charge in [0.25, 0.3) is 0 Å². The molecule has 1 unspecified atom stereocenters. The predicted octanol–water partition coefficient (Wildman–Crippen LogP) is 3.60. The van der Waals surface area contributed by atoms with Gasteiger partial charge in [-0.25, -0.2) is 0 Å². The molecule has 0 spiro atoms. The van der Waals surface area contributed by atoms with E-state index in [1.54, 1.807) is 7.11 Å². The first-order chi connectivity index (χ1) is 11.5. The van der Waals surface area contributed by atoms with Gasteiger partial charge < -0.3 is 15.4 Å². The van der Waals surface area contributed by atoms with E-state index >= 15 is 0 Å². The van der Waals surface area contributed by atoms with E-state index in [1.807, 2.05) is 12.1 Å². The summed E-state index contributed by atoms with van der Waals surface area (Å²) in [5.74, 6) is 3.68. The first-order valence-electron chi connectivity index (χ1n) is 9.60. The van der Waals surface area contributed by atoms with Crippen LogP contribution in [0.5, 0.6) is 5.75 Å². The van der Waals surface area contributed by atoms with Gasteiger partial charge >= 0.3 is 0 Å². The van der Waals surface area contributed by atoms with E-state index in [0.29, 0.717) is 5.41 Å². The maximum Gasteiger partial charge on any atom is 0.122 e. The van der Waals surface area contributed by atoms with Crippen molar-refractivity contribution in [1.29, 1.82) is 0 Å². The molecule has 2 bridgehead atoms. The Labute approximate surface area is 160 Å². The normalized spacial score (nSPS) is 29.4. The molecule has 3 nitrogen and oxygen atoms in total.